The van der Waals surface area contributed by atoms with E-state index >= 15 is 0 Å². The number of hydrogen-bond donors (Lipinski definition) is 1. The van der Waals surface area contributed by atoms with Crippen LogP contribution in [-0.2, 0) is 9.53 Å². The van der Waals surface area contributed by atoms with Gasteiger partial charge in [0.25, 0.3) is 0 Å². The zero-order valence-corrected chi connectivity index (χ0v) is 15.6. The van der Waals surface area contributed by atoms with Gasteiger partial charge in [-0.25, -0.2) is 9.78 Å². The van der Waals surface area contributed by atoms with Crippen LogP contribution < -0.4 is 9.47 Å². The first-order valence-corrected chi connectivity index (χ1v) is 8.68. The van der Waals surface area contributed by atoms with E-state index in [1.807, 2.05) is 24.3 Å². The molecular weight excluding hydrogens is 358 g/mol. The summed E-state index contributed by atoms with van der Waals surface area (Å²) in [5, 5.41) is 9.58. The molecule has 1 heterocycles. The molecule has 7 nitrogen and oxygen atoms in total. The number of nitriles is 1. The first kappa shape index (κ1) is 19.0. The molecule has 2 aromatic carbocycles. The fourth-order valence-corrected chi connectivity index (χ4v) is 2.64. The number of carbonyl (C=O) groups excluding carboxylic acids is 1. The number of methoxy groups -OCH3 is 1. The first-order chi connectivity index (χ1) is 13.6. The minimum Gasteiger partial charge on any atom is -0.493 e. The van der Waals surface area contributed by atoms with Gasteiger partial charge in [-0.15, -0.1) is 0 Å². The van der Waals surface area contributed by atoms with E-state index in [1.54, 1.807) is 31.2 Å². The average Bonchev–Trinajstić information content (AvgIpc) is 3.14. The van der Waals surface area contributed by atoms with Crippen molar-refractivity contribution in [2.24, 2.45) is 0 Å². The lowest BCUT2D eigenvalue weighted by Crippen LogP contribution is -2.14. The molecule has 0 unspecified atom stereocenters. The number of benzene rings is 2. The number of H-pyrrole nitrogens is 1. The van der Waals surface area contributed by atoms with Crippen molar-refractivity contribution in [2.45, 2.75) is 6.92 Å². The molecule has 0 saturated carbocycles. The number of carbonyl (C=O) groups is 1. The van der Waals surface area contributed by atoms with E-state index in [2.05, 4.69) is 16.0 Å². The Morgan fingerprint density at radius 2 is 2.07 bits per heavy atom. The number of esters is 1. The number of fused-ring (bicyclic) bond motifs is 1. The Labute approximate surface area is 162 Å². The summed E-state index contributed by atoms with van der Waals surface area (Å²) in [6.07, 6.45) is 1.69. The van der Waals surface area contributed by atoms with Gasteiger partial charge in [0.1, 0.15) is 11.9 Å². The number of aromatic nitrogens is 2. The summed E-state index contributed by atoms with van der Waals surface area (Å²) in [6, 6.07) is 14.9. The third kappa shape index (κ3) is 4.30. The highest BCUT2D eigenvalue weighted by molar-refractivity contribution is 5.90. The van der Waals surface area contributed by atoms with Crippen LogP contribution >= 0.6 is 0 Å². The van der Waals surface area contributed by atoms with Crippen molar-refractivity contribution in [2.75, 3.05) is 20.3 Å². The summed E-state index contributed by atoms with van der Waals surface area (Å²) >= 11 is 0. The number of nitrogens with one attached hydrogen (secondary N) is 1. The van der Waals surface area contributed by atoms with Gasteiger partial charge in [0.2, 0.25) is 0 Å². The summed E-state index contributed by atoms with van der Waals surface area (Å²) < 4.78 is 15.6. The molecule has 1 aromatic heterocycles. The third-order valence-corrected chi connectivity index (χ3v) is 3.91. The van der Waals surface area contributed by atoms with Crippen molar-refractivity contribution in [1.82, 2.24) is 9.97 Å². The number of para-hydroxylation sites is 2. The number of ether oxygens (including phenoxy) is 3. The van der Waals surface area contributed by atoms with Crippen molar-refractivity contribution in [3.8, 4) is 17.6 Å². The average molecular weight is 377 g/mol. The highest BCUT2D eigenvalue weighted by Gasteiger charge is 2.11. The van der Waals surface area contributed by atoms with E-state index < -0.39 is 5.97 Å². The van der Waals surface area contributed by atoms with Crippen molar-refractivity contribution in [1.29, 1.82) is 5.26 Å². The molecule has 0 spiro atoms. The summed E-state index contributed by atoms with van der Waals surface area (Å²) in [7, 11) is 1.51. The molecule has 0 fully saturated rings. The van der Waals surface area contributed by atoms with Crippen molar-refractivity contribution < 1.29 is 19.0 Å². The number of allylic oxidation sites excluding steroid dienone is 1. The molecule has 0 amide bonds. The summed E-state index contributed by atoms with van der Waals surface area (Å²) in [6.45, 7) is 1.78. The number of imidazole rings is 1. The molecule has 0 atom stereocenters. The van der Waals surface area contributed by atoms with Gasteiger partial charge in [-0.2, -0.15) is 5.26 Å². The maximum absolute atomic E-state index is 11.5. The molecule has 0 saturated heterocycles. The Bertz CT molecular complexity index is 1030. The Kier molecular flexibility index (Phi) is 5.92. The number of rotatable bonds is 7. The van der Waals surface area contributed by atoms with Crippen LogP contribution in [0.25, 0.3) is 22.7 Å². The molecule has 3 rings (SSSR count). The van der Waals surface area contributed by atoms with Crippen LogP contribution in [0.4, 0.5) is 0 Å². The molecule has 0 aliphatic heterocycles. The monoisotopic (exact) mass is 377 g/mol. The lowest BCUT2D eigenvalue weighted by atomic mass is 10.1. The Morgan fingerprint density at radius 1 is 1.25 bits per heavy atom. The van der Waals surface area contributed by atoms with E-state index in [0.29, 0.717) is 28.5 Å². The predicted octanol–water partition coefficient (Wildman–Crippen LogP) is 3.58. The molecular formula is C21H19N3O4. The van der Waals surface area contributed by atoms with E-state index in [1.165, 1.54) is 7.11 Å². The summed E-state index contributed by atoms with van der Waals surface area (Å²) in [4.78, 5) is 19.1. The van der Waals surface area contributed by atoms with Gasteiger partial charge in [0.05, 0.1) is 30.3 Å². The fraction of sp³-hybridized carbons (Fsp3) is 0.190. The smallest absolute Gasteiger partial charge is 0.344 e. The van der Waals surface area contributed by atoms with Crippen LogP contribution in [0.5, 0.6) is 11.5 Å². The van der Waals surface area contributed by atoms with E-state index in [-0.39, 0.29) is 13.2 Å². The number of nitrogens with zero attached hydrogens (tertiary/aromatic N) is 2. The van der Waals surface area contributed by atoms with Crippen LogP contribution in [0.2, 0.25) is 0 Å². The molecule has 3 aromatic rings. The minimum absolute atomic E-state index is 0.230. The maximum atomic E-state index is 11.5. The molecule has 0 aliphatic rings. The topological polar surface area (TPSA) is 97.2 Å². The van der Waals surface area contributed by atoms with Gasteiger partial charge in [-0.3, -0.25) is 0 Å². The number of hydrogen-bond acceptors (Lipinski definition) is 6. The van der Waals surface area contributed by atoms with E-state index in [9.17, 15) is 10.1 Å². The molecule has 1 N–H and O–H groups in total. The van der Waals surface area contributed by atoms with E-state index in [0.717, 1.165) is 11.0 Å². The predicted molar refractivity (Wildman–Crippen MR) is 105 cm³/mol. The first-order valence-electron chi connectivity index (χ1n) is 8.68. The van der Waals surface area contributed by atoms with Gasteiger partial charge in [-0.1, -0.05) is 18.2 Å². The van der Waals surface area contributed by atoms with Crippen LogP contribution in [0.3, 0.4) is 0 Å². The lowest BCUT2D eigenvalue weighted by molar-refractivity contribution is -0.145. The Balaban J connectivity index is 1.89. The molecule has 0 aliphatic carbocycles. The van der Waals surface area contributed by atoms with E-state index in [4.69, 9.17) is 14.2 Å². The van der Waals surface area contributed by atoms with Gasteiger partial charge >= 0.3 is 5.97 Å². The standard InChI is InChI=1S/C21H19N3O4/c1-3-27-20(25)13-28-19-11-14(8-9-18(19)26-2)10-15(12-22)21-23-16-6-4-5-7-17(16)24-21/h4-11H,3,13H2,1-2H3,(H,23,24)/b15-10+. The molecule has 7 heteroatoms. The quantitative estimate of drug-likeness (QED) is 0.499. The highest BCUT2D eigenvalue weighted by Crippen LogP contribution is 2.30. The van der Waals surface area contributed by atoms with Gasteiger partial charge in [0, 0.05) is 0 Å². The zero-order valence-electron chi connectivity index (χ0n) is 15.6. The highest BCUT2D eigenvalue weighted by atomic mass is 16.6. The third-order valence-electron chi connectivity index (χ3n) is 3.91. The van der Waals surface area contributed by atoms with Crippen LogP contribution in [0, 0.1) is 11.3 Å². The molecule has 142 valence electrons. The molecule has 0 bridgehead atoms. The van der Waals surface area contributed by atoms with Crippen LogP contribution in [-0.4, -0.2) is 36.3 Å². The molecule has 0 radical (unpaired) electrons. The largest absolute Gasteiger partial charge is 0.493 e. The van der Waals surface area contributed by atoms with Crippen molar-refractivity contribution in [3.05, 3.63) is 53.9 Å². The normalized spacial score (nSPS) is 11.1. The zero-order chi connectivity index (χ0) is 19.9. The minimum atomic E-state index is -0.467. The van der Waals surface area contributed by atoms with Crippen molar-refractivity contribution in [3.63, 3.8) is 0 Å². The van der Waals surface area contributed by atoms with Crippen molar-refractivity contribution >= 4 is 28.7 Å². The second kappa shape index (κ2) is 8.73. The lowest BCUT2D eigenvalue weighted by Gasteiger charge is -2.11. The van der Waals surface area contributed by atoms with Crippen LogP contribution in [0.1, 0.15) is 18.3 Å². The Morgan fingerprint density at radius 3 is 2.79 bits per heavy atom. The fourth-order valence-electron chi connectivity index (χ4n) is 2.64. The van der Waals surface area contributed by atoms with Gasteiger partial charge in [0.15, 0.2) is 18.1 Å². The second-order valence-corrected chi connectivity index (χ2v) is 5.78. The summed E-state index contributed by atoms with van der Waals surface area (Å²) in [5.41, 5.74) is 2.72. The summed E-state index contributed by atoms with van der Waals surface area (Å²) in [5.74, 6) is 0.869. The molecule has 28 heavy (non-hydrogen) atoms. The maximum Gasteiger partial charge on any atom is 0.344 e. The van der Waals surface area contributed by atoms with Crippen LogP contribution in [0.15, 0.2) is 42.5 Å². The number of aromatic amines is 1. The van der Waals surface area contributed by atoms with Gasteiger partial charge < -0.3 is 19.2 Å². The second-order valence-electron chi connectivity index (χ2n) is 5.78. The van der Waals surface area contributed by atoms with Gasteiger partial charge in [-0.05, 0) is 42.8 Å². The Hall–Kier alpha value is -3.79. The SMILES string of the molecule is CCOC(=O)COc1cc(/C=C(\C#N)c2nc3ccccc3[nH]2)ccc1OC.